The standard InChI is InChI=1S/C18H11FN2O2S2/c19-12-6-2-1-5-11(12)9-15-17(22)21(18(24)25-15)10-16-20-13-7-3-4-8-14(13)23-16/h1-9H,10H2/b15-9-. The Labute approximate surface area is 152 Å². The maximum Gasteiger partial charge on any atom is 0.266 e. The molecule has 7 heteroatoms. The number of hydrogen-bond donors (Lipinski definition) is 0. The molecule has 4 rings (SSSR count). The van der Waals surface area contributed by atoms with E-state index in [1.54, 1.807) is 18.2 Å². The fourth-order valence-electron chi connectivity index (χ4n) is 2.49. The lowest BCUT2D eigenvalue weighted by Crippen LogP contribution is -2.27. The van der Waals surface area contributed by atoms with Crippen molar-refractivity contribution in [3.63, 3.8) is 0 Å². The molecule has 2 aromatic carbocycles. The molecule has 1 amide bonds. The third-order valence-electron chi connectivity index (χ3n) is 3.70. The van der Waals surface area contributed by atoms with Crippen LogP contribution in [0.1, 0.15) is 11.5 Å². The van der Waals surface area contributed by atoms with Gasteiger partial charge in [-0.15, -0.1) is 0 Å². The molecule has 1 saturated heterocycles. The molecule has 0 aliphatic carbocycles. The fraction of sp³-hybridized carbons (Fsp3) is 0.0556. The van der Waals surface area contributed by atoms with Crippen LogP contribution in [0.5, 0.6) is 0 Å². The monoisotopic (exact) mass is 370 g/mol. The highest BCUT2D eigenvalue weighted by atomic mass is 32.2. The van der Waals surface area contributed by atoms with Crippen LogP contribution in [0.15, 0.2) is 57.9 Å². The molecule has 1 fully saturated rings. The van der Waals surface area contributed by atoms with Crippen molar-refractivity contribution in [1.82, 2.24) is 9.88 Å². The molecular weight excluding hydrogens is 359 g/mol. The number of thiocarbonyl (C=S) groups is 1. The number of aromatic nitrogens is 1. The summed E-state index contributed by atoms with van der Waals surface area (Å²) >= 11 is 6.43. The Morgan fingerprint density at radius 1 is 1.20 bits per heavy atom. The molecule has 0 spiro atoms. The maximum atomic E-state index is 13.8. The van der Waals surface area contributed by atoms with Gasteiger partial charge in [0.1, 0.15) is 22.2 Å². The van der Waals surface area contributed by atoms with E-state index in [1.807, 2.05) is 24.3 Å². The Balaban J connectivity index is 1.60. The quantitative estimate of drug-likeness (QED) is 0.506. The first kappa shape index (κ1) is 16.0. The fourth-order valence-corrected chi connectivity index (χ4v) is 3.74. The Kier molecular flexibility index (Phi) is 4.10. The lowest BCUT2D eigenvalue weighted by Gasteiger charge is -2.11. The van der Waals surface area contributed by atoms with Gasteiger partial charge in [-0.05, 0) is 24.3 Å². The number of amides is 1. The summed E-state index contributed by atoms with van der Waals surface area (Å²) in [5, 5.41) is 0. The first-order valence-electron chi connectivity index (χ1n) is 7.46. The van der Waals surface area contributed by atoms with Crippen molar-refractivity contribution in [1.29, 1.82) is 0 Å². The van der Waals surface area contributed by atoms with Crippen LogP contribution in [0.2, 0.25) is 0 Å². The van der Waals surface area contributed by atoms with E-state index >= 15 is 0 Å². The van der Waals surface area contributed by atoms with Crippen LogP contribution < -0.4 is 0 Å². The van der Waals surface area contributed by atoms with Gasteiger partial charge < -0.3 is 4.42 Å². The van der Waals surface area contributed by atoms with E-state index in [0.717, 1.165) is 17.3 Å². The Hall–Kier alpha value is -2.51. The van der Waals surface area contributed by atoms with Gasteiger partial charge in [0, 0.05) is 5.56 Å². The van der Waals surface area contributed by atoms with Crippen LogP contribution in [0.4, 0.5) is 4.39 Å². The minimum absolute atomic E-state index is 0.147. The van der Waals surface area contributed by atoms with Gasteiger partial charge in [-0.25, -0.2) is 9.37 Å². The zero-order chi connectivity index (χ0) is 17.4. The molecule has 25 heavy (non-hydrogen) atoms. The molecule has 0 N–H and O–H groups in total. The highest BCUT2D eigenvalue weighted by Crippen LogP contribution is 2.34. The van der Waals surface area contributed by atoms with Crippen molar-refractivity contribution < 1.29 is 13.6 Å². The number of thioether (sulfide) groups is 1. The Morgan fingerprint density at radius 2 is 1.96 bits per heavy atom. The van der Waals surface area contributed by atoms with Crippen molar-refractivity contribution in [2.45, 2.75) is 6.54 Å². The Bertz CT molecular complexity index is 996. The second kappa shape index (κ2) is 6.42. The van der Waals surface area contributed by atoms with Gasteiger partial charge in [-0.1, -0.05) is 54.3 Å². The van der Waals surface area contributed by atoms with Gasteiger partial charge in [0.2, 0.25) is 5.89 Å². The summed E-state index contributed by atoms with van der Waals surface area (Å²) in [7, 11) is 0. The zero-order valence-corrected chi connectivity index (χ0v) is 14.4. The third kappa shape index (κ3) is 3.08. The number of carbonyl (C=O) groups excluding carboxylic acids is 1. The summed E-state index contributed by atoms with van der Waals surface area (Å²) in [6.07, 6.45) is 1.51. The van der Waals surface area contributed by atoms with Gasteiger partial charge in [0.15, 0.2) is 5.58 Å². The van der Waals surface area contributed by atoms with Crippen molar-refractivity contribution in [2.24, 2.45) is 0 Å². The number of hydrogen-bond acceptors (Lipinski definition) is 5. The maximum absolute atomic E-state index is 13.8. The van der Waals surface area contributed by atoms with E-state index in [-0.39, 0.29) is 18.3 Å². The van der Waals surface area contributed by atoms with Crippen molar-refractivity contribution in [2.75, 3.05) is 0 Å². The van der Waals surface area contributed by atoms with Gasteiger partial charge in [0.05, 0.1) is 4.91 Å². The van der Waals surface area contributed by atoms with Crippen LogP contribution in [0.3, 0.4) is 0 Å². The summed E-state index contributed by atoms with van der Waals surface area (Å²) in [6, 6.07) is 13.7. The van der Waals surface area contributed by atoms with E-state index in [0.29, 0.717) is 26.3 Å². The first-order valence-corrected chi connectivity index (χ1v) is 8.68. The zero-order valence-electron chi connectivity index (χ0n) is 12.8. The summed E-state index contributed by atoms with van der Waals surface area (Å²) in [4.78, 5) is 18.8. The highest BCUT2D eigenvalue weighted by molar-refractivity contribution is 8.26. The van der Waals surface area contributed by atoms with E-state index in [2.05, 4.69) is 4.98 Å². The van der Waals surface area contributed by atoms with E-state index in [1.165, 1.54) is 17.0 Å². The molecule has 0 saturated carbocycles. The van der Waals surface area contributed by atoms with E-state index in [9.17, 15) is 9.18 Å². The molecule has 0 unspecified atom stereocenters. The molecule has 124 valence electrons. The van der Waals surface area contributed by atoms with Crippen LogP contribution in [0.25, 0.3) is 17.2 Å². The SMILES string of the molecule is O=C1/C(=C/c2ccccc2F)SC(=S)N1Cc1nc2ccccc2o1. The number of para-hydroxylation sites is 2. The number of halogens is 1. The lowest BCUT2D eigenvalue weighted by molar-refractivity contribution is -0.122. The number of fused-ring (bicyclic) bond motifs is 1. The topological polar surface area (TPSA) is 46.3 Å². The predicted molar refractivity (Wildman–Crippen MR) is 99.1 cm³/mol. The van der Waals surface area contributed by atoms with Crippen LogP contribution in [0, 0.1) is 5.82 Å². The summed E-state index contributed by atoms with van der Waals surface area (Å²) < 4.78 is 19.8. The Morgan fingerprint density at radius 3 is 2.76 bits per heavy atom. The molecule has 0 bridgehead atoms. The number of carbonyl (C=O) groups is 1. The third-order valence-corrected chi connectivity index (χ3v) is 5.07. The summed E-state index contributed by atoms with van der Waals surface area (Å²) in [5.74, 6) is -0.253. The van der Waals surface area contributed by atoms with Crippen molar-refractivity contribution in [3.05, 3.63) is 70.7 Å². The van der Waals surface area contributed by atoms with E-state index in [4.69, 9.17) is 16.6 Å². The highest BCUT2D eigenvalue weighted by Gasteiger charge is 2.33. The van der Waals surface area contributed by atoms with Gasteiger partial charge >= 0.3 is 0 Å². The van der Waals surface area contributed by atoms with Crippen molar-refractivity contribution in [3.8, 4) is 0 Å². The minimum atomic E-state index is -0.383. The van der Waals surface area contributed by atoms with Crippen molar-refractivity contribution >= 4 is 51.4 Å². The average Bonchev–Trinajstić information content (AvgIpc) is 3.13. The molecule has 0 atom stereocenters. The average molecular weight is 370 g/mol. The summed E-state index contributed by atoms with van der Waals surface area (Å²) in [6.45, 7) is 0.147. The van der Waals surface area contributed by atoms with Gasteiger partial charge in [0.25, 0.3) is 5.91 Å². The minimum Gasteiger partial charge on any atom is -0.439 e. The molecule has 1 aromatic heterocycles. The van der Waals surface area contributed by atoms with Crippen LogP contribution in [-0.4, -0.2) is 20.1 Å². The molecule has 2 heterocycles. The molecule has 1 aliphatic heterocycles. The number of benzene rings is 2. The molecule has 3 aromatic rings. The number of nitrogens with zero attached hydrogens (tertiary/aromatic N) is 2. The van der Waals surface area contributed by atoms with E-state index < -0.39 is 0 Å². The second-order valence-electron chi connectivity index (χ2n) is 5.36. The van der Waals surface area contributed by atoms with Gasteiger partial charge in [-0.3, -0.25) is 9.69 Å². The number of oxazole rings is 1. The molecule has 4 nitrogen and oxygen atoms in total. The first-order chi connectivity index (χ1) is 12.1. The summed E-state index contributed by atoms with van der Waals surface area (Å²) in [5.41, 5.74) is 1.74. The predicted octanol–water partition coefficient (Wildman–Crippen LogP) is 4.37. The number of rotatable bonds is 3. The smallest absolute Gasteiger partial charge is 0.266 e. The normalized spacial score (nSPS) is 16.4. The molecule has 1 aliphatic rings. The lowest BCUT2D eigenvalue weighted by atomic mass is 10.2. The largest absolute Gasteiger partial charge is 0.439 e. The van der Waals surface area contributed by atoms with Crippen LogP contribution >= 0.6 is 24.0 Å². The van der Waals surface area contributed by atoms with Crippen LogP contribution in [-0.2, 0) is 11.3 Å². The molecule has 0 radical (unpaired) electrons. The second-order valence-corrected chi connectivity index (χ2v) is 7.04. The molecular formula is C18H11FN2O2S2. The van der Waals surface area contributed by atoms with Gasteiger partial charge in [-0.2, -0.15) is 0 Å².